The topological polar surface area (TPSA) is 202 Å². The summed E-state index contributed by atoms with van der Waals surface area (Å²) in [5.74, 6) is -1.51. The quantitative estimate of drug-likeness (QED) is 0.0375. The van der Waals surface area contributed by atoms with E-state index in [1.165, 1.54) is 0 Å². The zero-order valence-electron chi connectivity index (χ0n) is 30.0. The number of aldehydes is 1. The van der Waals surface area contributed by atoms with E-state index in [1.807, 2.05) is 37.4 Å². The van der Waals surface area contributed by atoms with Gasteiger partial charge < -0.3 is 69.3 Å². The van der Waals surface area contributed by atoms with Crippen LogP contribution >= 0.6 is 0 Å². The molecular weight excluding hydrogens is 670 g/mol. The van der Waals surface area contributed by atoms with Crippen LogP contribution in [0.4, 0.5) is 0 Å². The number of likely N-dealkylation sites (N-methyl/N-ethyl adjacent to an activating group) is 1. The second-order valence-corrected chi connectivity index (χ2v) is 10.7. The molecule has 1 atom stereocenters. The third kappa shape index (κ3) is 31.4. The smallest absolute Gasteiger partial charge is 0.246 e. The van der Waals surface area contributed by atoms with Gasteiger partial charge in [0.2, 0.25) is 17.7 Å². The van der Waals surface area contributed by atoms with E-state index in [4.69, 9.17) is 37.9 Å². The largest absolute Gasteiger partial charge is 0.378 e. The number of amides is 3. The fraction of sp³-hybridized carbons (Fsp3) is 0.706. The molecule has 1 aromatic rings. The molecule has 1 aromatic carbocycles. The minimum absolute atomic E-state index is 0.207. The average Bonchev–Trinajstić information content (AvgIpc) is 3.14. The average molecular weight is 730 g/mol. The van der Waals surface area contributed by atoms with Crippen LogP contribution in [0.2, 0.25) is 0 Å². The molecule has 0 heterocycles. The molecular formula is C34H59N5O12. The normalized spacial score (nSPS) is 11.6. The van der Waals surface area contributed by atoms with Crippen molar-refractivity contribution in [1.29, 1.82) is 0 Å². The first-order valence-corrected chi connectivity index (χ1v) is 17.3. The van der Waals surface area contributed by atoms with E-state index >= 15 is 0 Å². The van der Waals surface area contributed by atoms with Crippen molar-refractivity contribution < 1.29 is 57.1 Å². The van der Waals surface area contributed by atoms with E-state index in [1.54, 1.807) is 0 Å². The van der Waals surface area contributed by atoms with Gasteiger partial charge in [0.1, 0.15) is 12.9 Å². The molecule has 0 saturated carbocycles. The molecule has 0 radical (unpaired) electrons. The summed E-state index contributed by atoms with van der Waals surface area (Å²) in [6.07, 6.45) is 0.997. The van der Waals surface area contributed by atoms with Gasteiger partial charge >= 0.3 is 0 Å². The number of carbonyl (C=O) groups excluding carboxylic acids is 4. The van der Waals surface area contributed by atoms with Crippen molar-refractivity contribution in [3.05, 3.63) is 35.9 Å². The number of nitrogens with one attached hydrogen (secondary N) is 5. The molecule has 0 bridgehead atoms. The van der Waals surface area contributed by atoms with Crippen molar-refractivity contribution in [3.63, 3.8) is 0 Å². The fourth-order valence-corrected chi connectivity index (χ4v) is 3.90. The highest BCUT2D eigenvalue weighted by Crippen LogP contribution is 2.01. The van der Waals surface area contributed by atoms with Gasteiger partial charge in [-0.1, -0.05) is 30.3 Å². The maximum absolute atomic E-state index is 12.1. The van der Waals surface area contributed by atoms with Gasteiger partial charge in [-0.05, 0) is 19.0 Å². The third-order valence-corrected chi connectivity index (χ3v) is 6.51. The number of ether oxygens (including phenoxy) is 8. The molecule has 51 heavy (non-hydrogen) atoms. The SMILES string of the molecule is CNCCOCCOCCOCCOCCOCCOCCOCCNCCOCC(=O)NCC(=O)NCC(=O)NC(C=O)Cc1ccccc1. The standard InChI is InChI=1S/C34H59N5O12/c1-35-7-10-44-13-15-46-17-19-48-21-23-50-24-22-49-20-18-47-16-14-45-11-8-36-9-12-51-29-34(43)38-26-32(41)37-27-33(42)39-31(28-40)25-30-5-3-2-4-6-30/h2-6,28,31,35-36H,7-27,29H2,1H3,(H,37,41)(H,38,43)(H,39,42). The summed E-state index contributed by atoms with van der Waals surface area (Å²) < 4.78 is 43.4. The van der Waals surface area contributed by atoms with Crippen LogP contribution in [0.3, 0.4) is 0 Å². The maximum Gasteiger partial charge on any atom is 0.246 e. The zero-order chi connectivity index (χ0) is 36.9. The van der Waals surface area contributed by atoms with E-state index in [0.29, 0.717) is 125 Å². The molecule has 0 spiro atoms. The minimum Gasteiger partial charge on any atom is -0.378 e. The molecule has 17 nitrogen and oxygen atoms in total. The van der Waals surface area contributed by atoms with Crippen molar-refractivity contribution in [2.75, 3.05) is 145 Å². The minimum atomic E-state index is -0.705. The lowest BCUT2D eigenvalue weighted by Gasteiger charge is -2.13. The molecule has 17 heteroatoms. The Bertz CT molecular complexity index is 996. The van der Waals surface area contributed by atoms with Crippen LogP contribution in [0.5, 0.6) is 0 Å². The maximum atomic E-state index is 12.1. The lowest BCUT2D eigenvalue weighted by Crippen LogP contribution is -2.46. The van der Waals surface area contributed by atoms with Crippen molar-refractivity contribution in [1.82, 2.24) is 26.6 Å². The van der Waals surface area contributed by atoms with Crippen LogP contribution in [0.15, 0.2) is 30.3 Å². The Balaban J connectivity index is 1.78. The Labute approximate surface area is 301 Å². The van der Waals surface area contributed by atoms with E-state index in [9.17, 15) is 19.2 Å². The highest BCUT2D eigenvalue weighted by Gasteiger charge is 2.13. The lowest BCUT2D eigenvalue weighted by atomic mass is 10.1. The second-order valence-electron chi connectivity index (χ2n) is 10.7. The van der Waals surface area contributed by atoms with Crippen LogP contribution in [-0.4, -0.2) is 176 Å². The number of benzene rings is 1. The van der Waals surface area contributed by atoms with Crippen LogP contribution in [0.1, 0.15) is 5.56 Å². The number of carbonyl (C=O) groups is 4. The molecule has 1 unspecified atom stereocenters. The van der Waals surface area contributed by atoms with Crippen LogP contribution in [0, 0.1) is 0 Å². The van der Waals surface area contributed by atoms with E-state index in [2.05, 4.69) is 26.6 Å². The van der Waals surface area contributed by atoms with Crippen molar-refractivity contribution in [3.8, 4) is 0 Å². The lowest BCUT2D eigenvalue weighted by molar-refractivity contribution is -0.129. The molecule has 5 N–H and O–H groups in total. The Morgan fingerprint density at radius 3 is 1.49 bits per heavy atom. The van der Waals surface area contributed by atoms with Crippen LogP contribution in [0.25, 0.3) is 0 Å². The first-order valence-electron chi connectivity index (χ1n) is 17.3. The van der Waals surface area contributed by atoms with E-state index in [-0.39, 0.29) is 19.7 Å². The molecule has 0 aliphatic carbocycles. The van der Waals surface area contributed by atoms with Gasteiger partial charge in [0.25, 0.3) is 0 Å². The van der Waals surface area contributed by atoms with Gasteiger partial charge in [-0.15, -0.1) is 0 Å². The molecule has 0 aliphatic rings. The van der Waals surface area contributed by atoms with Crippen molar-refractivity contribution in [2.24, 2.45) is 0 Å². The van der Waals surface area contributed by atoms with Crippen LogP contribution < -0.4 is 26.6 Å². The molecule has 292 valence electrons. The highest BCUT2D eigenvalue weighted by molar-refractivity contribution is 5.89. The Morgan fingerprint density at radius 2 is 1.00 bits per heavy atom. The van der Waals surface area contributed by atoms with Gasteiger partial charge in [0, 0.05) is 19.6 Å². The number of hydrogen-bond donors (Lipinski definition) is 5. The predicted octanol–water partition coefficient (Wildman–Crippen LogP) is -1.91. The third-order valence-electron chi connectivity index (χ3n) is 6.51. The van der Waals surface area contributed by atoms with Crippen molar-refractivity contribution >= 4 is 24.0 Å². The first-order chi connectivity index (χ1) is 25.0. The van der Waals surface area contributed by atoms with Gasteiger partial charge in [-0.2, -0.15) is 0 Å². The summed E-state index contributed by atoms with van der Waals surface area (Å²) in [5, 5.41) is 13.5. The van der Waals surface area contributed by atoms with Gasteiger partial charge in [0.15, 0.2) is 0 Å². The second kappa shape index (κ2) is 35.3. The first kappa shape index (κ1) is 45.9. The van der Waals surface area contributed by atoms with Crippen molar-refractivity contribution in [2.45, 2.75) is 12.5 Å². The molecule has 0 saturated heterocycles. The predicted molar refractivity (Wildman–Crippen MR) is 188 cm³/mol. The summed E-state index contributed by atoms with van der Waals surface area (Å²) in [6, 6.07) is 8.55. The summed E-state index contributed by atoms with van der Waals surface area (Å²) >= 11 is 0. The van der Waals surface area contributed by atoms with Gasteiger partial charge in [-0.25, -0.2) is 0 Å². The Kier molecular flexibility index (Phi) is 31.8. The molecule has 0 aromatic heterocycles. The number of rotatable bonds is 37. The van der Waals surface area contributed by atoms with Crippen LogP contribution in [-0.2, 0) is 63.5 Å². The summed E-state index contributed by atoms with van der Waals surface area (Å²) in [4.78, 5) is 47.2. The highest BCUT2D eigenvalue weighted by atomic mass is 16.6. The number of hydrogen-bond acceptors (Lipinski definition) is 14. The molecule has 3 amide bonds. The summed E-state index contributed by atoms with van der Waals surface area (Å²) in [5.41, 5.74) is 0.901. The zero-order valence-corrected chi connectivity index (χ0v) is 30.0. The van der Waals surface area contributed by atoms with E-state index < -0.39 is 23.8 Å². The Hall–Kier alpha value is -3.10. The molecule has 0 aliphatic heterocycles. The van der Waals surface area contributed by atoms with Gasteiger partial charge in [-0.3, -0.25) is 14.4 Å². The van der Waals surface area contributed by atoms with Gasteiger partial charge in [0.05, 0.1) is 118 Å². The monoisotopic (exact) mass is 729 g/mol. The summed E-state index contributed by atoms with van der Waals surface area (Å²) in [6.45, 7) is 8.63. The fourth-order valence-electron chi connectivity index (χ4n) is 3.90. The molecule has 1 rings (SSSR count). The molecule has 0 fully saturated rings. The van der Waals surface area contributed by atoms with E-state index in [0.717, 1.165) is 12.1 Å². The Morgan fingerprint density at radius 1 is 0.569 bits per heavy atom. The summed E-state index contributed by atoms with van der Waals surface area (Å²) in [7, 11) is 1.88.